The Morgan fingerprint density at radius 2 is 1.47 bits per heavy atom. The van der Waals surface area contributed by atoms with Crippen LogP contribution < -0.4 is 29.4 Å². The van der Waals surface area contributed by atoms with Gasteiger partial charge in [0.25, 0.3) is 0 Å². The largest absolute Gasteiger partial charge is 0.493 e. The third-order valence-electron chi connectivity index (χ3n) is 4.49. The number of aromatic nitrogens is 1. The van der Waals surface area contributed by atoms with Gasteiger partial charge >= 0.3 is 0 Å². The Morgan fingerprint density at radius 1 is 0.867 bits per heavy atom. The van der Waals surface area contributed by atoms with Crippen molar-refractivity contribution in [3.8, 4) is 50.6 Å². The molecule has 30 heavy (non-hydrogen) atoms. The van der Waals surface area contributed by atoms with Crippen molar-refractivity contribution in [2.45, 2.75) is 0 Å². The van der Waals surface area contributed by atoms with Gasteiger partial charge in [-0.3, -0.25) is 4.79 Å². The summed E-state index contributed by atoms with van der Waals surface area (Å²) in [6, 6.07) is 6.84. The molecule has 1 heterocycles. The number of amides is 1. The first kappa shape index (κ1) is 21.3. The number of primary amides is 1. The van der Waals surface area contributed by atoms with E-state index in [1.807, 2.05) is 5.38 Å². The van der Waals surface area contributed by atoms with Crippen LogP contribution in [0.4, 0.5) is 0 Å². The fraction of sp³-hybridized carbons (Fsp3) is 0.238. The zero-order chi connectivity index (χ0) is 21.8. The van der Waals surface area contributed by atoms with Crippen LogP contribution in [0, 0.1) is 0 Å². The summed E-state index contributed by atoms with van der Waals surface area (Å²) in [5, 5.41) is 2.42. The van der Waals surface area contributed by atoms with Crippen LogP contribution in [0.25, 0.3) is 21.8 Å². The molecular weight excluding hydrogens is 408 g/mol. The molecule has 0 aliphatic rings. The van der Waals surface area contributed by atoms with Gasteiger partial charge in [-0.2, -0.15) is 0 Å². The van der Waals surface area contributed by atoms with Gasteiger partial charge in [0.1, 0.15) is 5.01 Å². The van der Waals surface area contributed by atoms with Gasteiger partial charge in [0.15, 0.2) is 23.0 Å². The van der Waals surface area contributed by atoms with Gasteiger partial charge in [0.2, 0.25) is 11.7 Å². The molecule has 9 heteroatoms. The summed E-state index contributed by atoms with van der Waals surface area (Å²) < 4.78 is 27.1. The van der Waals surface area contributed by atoms with Crippen molar-refractivity contribution in [2.24, 2.45) is 5.73 Å². The number of thiazole rings is 1. The molecule has 8 nitrogen and oxygen atoms in total. The molecule has 0 fully saturated rings. The van der Waals surface area contributed by atoms with Gasteiger partial charge in [-0.15, -0.1) is 11.3 Å². The molecule has 2 N–H and O–H groups in total. The van der Waals surface area contributed by atoms with E-state index >= 15 is 0 Å². The standard InChI is InChI=1S/C21H22N2O6S/c1-25-14-7-6-12(20(22)24)17(19(14)29-5)21-23-13(10-30-21)11-8-15(26-2)18(28-4)16(9-11)27-3/h6-10H,1-5H3,(H2,22,24). The lowest BCUT2D eigenvalue weighted by Crippen LogP contribution is -2.13. The summed E-state index contributed by atoms with van der Waals surface area (Å²) in [6.07, 6.45) is 0. The highest BCUT2D eigenvalue weighted by Crippen LogP contribution is 2.45. The number of nitrogens with two attached hydrogens (primary N) is 1. The van der Waals surface area contributed by atoms with Crippen molar-refractivity contribution >= 4 is 17.2 Å². The minimum absolute atomic E-state index is 0.290. The number of rotatable bonds is 8. The minimum atomic E-state index is -0.588. The van der Waals surface area contributed by atoms with E-state index in [1.54, 1.807) is 45.6 Å². The first-order chi connectivity index (χ1) is 14.5. The lowest BCUT2D eigenvalue weighted by molar-refractivity contribution is 0.100. The van der Waals surface area contributed by atoms with Gasteiger partial charge in [0, 0.05) is 10.9 Å². The molecule has 0 saturated heterocycles. The van der Waals surface area contributed by atoms with Crippen LogP contribution in [-0.4, -0.2) is 46.4 Å². The van der Waals surface area contributed by atoms with Crippen molar-refractivity contribution in [1.29, 1.82) is 0 Å². The van der Waals surface area contributed by atoms with E-state index in [2.05, 4.69) is 0 Å². The maximum atomic E-state index is 12.0. The van der Waals surface area contributed by atoms with E-state index in [1.165, 1.54) is 25.6 Å². The van der Waals surface area contributed by atoms with Crippen LogP contribution in [0.2, 0.25) is 0 Å². The Kier molecular flexibility index (Phi) is 6.31. The van der Waals surface area contributed by atoms with E-state index in [0.29, 0.717) is 50.6 Å². The number of carbonyl (C=O) groups is 1. The van der Waals surface area contributed by atoms with E-state index < -0.39 is 5.91 Å². The minimum Gasteiger partial charge on any atom is -0.493 e. The second-order valence-corrected chi connectivity index (χ2v) is 6.90. The number of nitrogens with zero attached hydrogens (tertiary/aromatic N) is 1. The van der Waals surface area contributed by atoms with Gasteiger partial charge in [0.05, 0.1) is 52.4 Å². The Labute approximate surface area is 178 Å². The Bertz CT molecular complexity index is 1050. The van der Waals surface area contributed by atoms with Gasteiger partial charge in [-0.1, -0.05) is 0 Å². The molecule has 0 saturated carbocycles. The molecule has 3 aromatic rings. The fourth-order valence-corrected chi connectivity index (χ4v) is 3.98. The lowest BCUT2D eigenvalue weighted by atomic mass is 10.1. The Balaban J connectivity index is 2.18. The number of hydrogen-bond acceptors (Lipinski definition) is 8. The van der Waals surface area contributed by atoms with Crippen molar-refractivity contribution in [3.63, 3.8) is 0 Å². The first-order valence-electron chi connectivity index (χ1n) is 8.80. The summed E-state index contributed by atoms with van der Waals surface area (Å²) in [4.78, 5) is 16.7. The molecule has 0 spiro atoms. The second kappa shape index (κ2) is 8.91. The highest BCUT2D eigenvalue weighted by molar-refractivity contribution is 7.13. The summed E-state index contributed by atoms with van der Waals surface area (Å²) in [5.74, 6) is 1.79. The van der Waals surface area contributed by atoms with Crippen molar-refractivity contribution in [2.75, 3.05) is 35.5 Å². The van der Waals surface area contributed by atoms with Gasteiger partial charge in [-0.25, -0.2) is 4.98 Å². The summed E-state index contributed by atoms with van der Waals surface area (Å²) in [6.45, 7) is 0. The molecule has 0 atom stereocenters. The molecule has 1 aromatic heterocycles. The number of hydrogen-bond donors (Lipinski definition) is 1. The van der Waals surface area contributed by atoms with Crippen LogP contribution in [0.3, 0.4) is 0 Å². The van der Waals surface area contributed by atoms with E-state index in [-0.39, 0.29) is 0 Å². The van der Waals surface area contributed by atoms with Crippen molar-refractivity contribution in [1.82, 2.24) is 4.98 Å². The molecule has 0 radical (unpaired) electrons. The highest BCUT2D eigenvalue weighted by atomic mass is 32.1. The number of carbonyl (C=O) groups excluding carboxylic acids is 1. The van der Waals surface area contributed by atoms with Crippen LogP contribution in [-0.2, 0) is 0 Å². The smallest absolute Gasteiger partial charge is 0.249 e. The summed E-state index contributed by atoms with van der Waals surface area (Å²) in [7, 11) is 7.66. The SMILES string of the molecule is COc1cc(-c2csc(-c3c(C(N)=O)ccc(OC)c3OC)n2)cc(OC)c1OC. The fourth-order valence-electron chi connectivity index (χ4n) is 3.09. The molecule has 0 aliphatic heterocycles. The predicted octanol–water partition coefficient (Wildman–Crippen LogP) is 3.62. The maximum Gasteiger partial charge on any atom is 0.249 e. The Morgan fingerprint density at radius 3 is 1.97 bits per heavy atom. The second-order valence-electron chi connectivity index (χ2n) is 6.04. The molecule has 158 valence electrons. The first-order valence-corrected chi connectivity index (χ1v) is 9.68. The number of benzene rings is 2. The molecular formula is C21H22N2O6S. The van der Waals surface area contributed by atoms with Gasteiger partial charge < -0.3 is 29.4 Å². The Hall–Kier alpha value is -3.46. The van der Waals surface area contributed by atoms with Gasteiger partial charge in [-0.05, 0) is 24.3 Å². The average Bonchev–Trinajstić information content (AvgIpc) is 3.26. The van der Waals surface area contributed by atoms with Crippen molar-refractivity contribution < 1.29 is 28.5 Å². The zero-order valence-corrected chi connectivity index (χ0v) is 18.1. The molecule has 1 amide bonds. The van der Waals surface area contributed by atoms with E-state index in [4.69, 9.17) is 34.4 Å². The van der Waals surface area contributed by atoms with Crippen LogP contribution in [0.15, 0.2) is 29.6 Å². The van der Waals surface area contributed by atoms with Crippen molar-refractivity contribution in [3.05, 3.63) is 35.2 Å². The quantitative estimate of drug-likeness (QED) is 0.582. The van der Waals surface area contributed by atoms with E-state index in [0.717, 1.165) is 5.56 Å². The maximum absolute atomic E-state index is 12.0. The lowest BCUT2D eigenvalue weighted by Gasteiger charge is -2.14. The molecule has 0 bridgehead atoms. The monoisotopic (exact) mass is 430 g/mol. The number of ether oxygens (including phenoxy) is 5. The zero-order valence-electron chi connectivity index (χ0n) is 17.3. The topological polar surface area (TPSA) is 102 Å². The summed E-state index contributed by atoms with van der Waals surface area (Å²) >= 11 is 1.35. The third-order valence-corrected chi connectivity index (χ3v) is 5.35. The highest BCUT2D eigenvalue weighted by Gasteiger charge is 2.23. The summed E-state index contributed by atoms with van der Waals surface area (Å²) in [5.41, 5.74) is 7.78. The van der Waals surface area contributed by atoms with E-state index in [9.17, 15) is 4.79 Å². The molecule has 0 aliphatic carbocycles. The molecule has 0 unspecified atom stereocenters. The molecule has 2 aromatic carbocycles. The van der Waals surface area contributed by atoms with Crippen LogP contribution >= 0.6 is 11.3 Å². The van der Waals surface area contributed by atoms with Crippen LogP contribution in [0.5, 0.6) is 28.7 Å². The van der Waals surface area contributed by atoms with Crippen LogP contribution in [0.1, 0.15) is 10.4 Å². The molecule has 3 rings (SSSR count). The third kappa shape index (κ3) is 3.71. The normalized spacial score (nSPS) is 10.4. The number of methoxy groups -OCH3 is 5. The average molecular weight is 430 g/mol. The predicted molar refractivity (Wildman–Crippen MR) is 114 cm³/mol.